The first-order valence-electron chi connectivity index (χ1n) is 8.23. The van der Waals surface area contributed by atoms with E-state index in [1.165, 1.54) is 12.8 Å². The minimum Gasteiger partial charge on any atom is -0.470 e. The molecule has 4 rings (SSSR count). The molecule has 1 aromatic carbocycles. The lowest BCUT2D eigenvalue weighted by molar-refractivity contribution is -0.184. The summed E-state index contributed by atoms with van der Waals surface area (Å²) in [7, 11) is 0. The van der Waals surface area contributed by atoms with E-state index in [4.69, 9.17) is 27.9 Å². The number of hydrogen-bond acceptors (Lipinski definition) is 3. The van der Waals surface area contributed by atoms with Gasteiger partial charge >= 0.3 is 0 Å². The summed E-state index contributed by atoms with van der Waals surface area (Å²) >= 11 is 12.5. The number of aliphatic hydroxyl groups is 1. The van der Waals surface area contributed by atoms with Gasteiger partial charge in [-0.2, -0.15) is 0 Å². The van der Waals surface area contributed by atoms with Crippen molar-refractivity contribution in [3.05, 3.63) is 27.7 Å². The summed E-state index contributed by atoms with van der Waals surface area (Å²) in [6, 6.07) is 3.51. The van der Waals surface area contributed by atoms with Gasteiger partial charge in [-0.05, 0) is 37.8 Å². The Kier molecular flexibility index (Phi) is 3.80. The highest BCUT2D eigenvalue weighted by Gasteiger charge is 2.55. The number of benzene rings is 1. The van der Waals surface area contributed by atoms with E-state index in [0.717, 1.165) is 44.3 Å². The zero-order valence-electron chi connectivity index (χ0n) is 12.5. The third kappa shape index (κ3) is 2.17. The first-order chi connectivity index (χ1) is 10.6. The van der Waals surface area contributed by atoms with Crippen molar-refractivity contribution in [2.24, 2.45) is 5.92 Å². The Morgan fingerprint density at radius 3 is 2.68 bits per heavy atom. The van der Waals surface area contributed by atoms with Gasteiger partial charge in [0.15, 0.2) is 5.72 Å². The monoisotopic (exact) mass is 341 g/mol. The van der Waals surface area contributed by atoms with Crippen LogP contribution in [0.25, 0.3) is 0 Å². The smallest absolute Gasteiger partial charge is 0.169 e. The number of hydrogen-bond donors (Lipinski definition) is 1. The highest BCUT2D eigenvalue weighted by atomic mass is 35.5. The topological polar surface area (TPSA) is 32.7 Å². The normalized spacial score (nSPS) is 34.9. The lowest BCUT2D eigenvalue weighted by atomic mass is 9.73. The summed E-state index contributed by atoms with van der Waals surface area (Å²) in [5.41, 5.74) is 0.359. The molecule has 120 valence electrons. The molecule has 1 saturated carbocycles. The number of aliphatic hydroxyl groups excluding tert-OH is 1. The van der Waals surface area contributed by atoms with Crippen LogP contribution in [-0.2, 0) is 0 Å². The Morgan fingerprint density at radius 1 is 1.14 bits per heavy atom. The average molecular weight is 342 g/mol. The van der Waals surface area contributed by atoms with Gasteiger partial charge in [0.1, 0.15) is 5.75 Å². The average Bonchev–Trinajstić information content (AvgIpc) is 3.04. The molecule has 1 saturated heterocycles. The molecule has 1 N–H and O–H groups in total. The van der Waals surface area contributed by atoms with E-state index in [9.17, 15) is 5.11 Å². The summed E-state index contributed by atoms with van der Waals surface area (Å²) < 4.78 is 6.54. The van der Waals surface area contributed by atoms with Crippen LogP contribution in [0.1, 0.15) is 50.2 Å². The predicted octanol–water partition coefficient (Wildman–Crippen LogP) is 4.40. The fourth-order valence-electron chi connectivity index (χ4n) is 4.54. The van der Waals surface area contributed by atoms with Gasteiger partial charge in [-0.3, -0.25) is 4.90 Å². The van der Waals surface area contributed by atoms with Crippen molar-refractivity contribution in [1.29, 1.82) is 0 Å². The van der Waals surface area contributed by atoms with Crippen LogP contribution in [0.5, 0.6) is 5.75 Å². The molecule has 2 aliphatic heterocycles. The van der Waals surface area contributed by atoms with Crippen molar-refractivity contribution in [3.8, 4) is 5.75 Å². The molecule has 22 heavy (non-hydrogen) atoms. The van der Waals surface area contributed by atoms with E-state index in [1.54, 1.807) is 12.1 Å². The second-order valence-corrected chi connectivity index (χ2v) is 7.59. The number of fused-ring (bicyclic) bond motifs is 2. The lowest BCUT2D eigenvalue weighted by Crippen LogP contribution is -2.61. The van der Waals surface area contributed by atoms with Crippen molar-refractivity contribution < 1.29 is 9.84 Å². The van der Waals surface area contributed by atoms with Gasteiger partial charge in [0.05, 0.1) is 11.1 Å². The molecule has 0 spiro atoms. The summed E-state index contributed by atoms with van der Waals surface area (Å²) in [5, 5.41) is 12.1. The maximum atomic E-state index is 11.0. The molecule has 3 atom stereocenters. The molecule has 2 heterocycles. The molecular formula is C17H21Cl2NO2. The fraction of sp³-hybridized carbons (Fsp3) is 0.647. The van der Waals surface area contributed by atoms with Gasteiger partial charge < -0.3 is 9.84 Å². The molecule has 1 aromatic rings. The van der Waals surface area contributed by atoms with E-state index >= 15 is 0 Å². The van der Waals surface area contributed by atoms with Crippen LogP contribution in [-0.4, -0.2) is 28.8 Å². The highest BCUT2D eigenvalue weighted by molar-refractivity contribution is 6.35. The third-order valence-corrected chi connectivity index (χ3v) is 6.04. The maximum absolute atomic E-state index is 11.0. The van der Waals surface area contributed by atoms with Gasteiger partial charge in [0.25, 0.3) is 0 Å². The second-order valence-electron chi connectivity index (χ2n) is 6.74. The largest absolute Gasteiger partial charge is 0.470 e. The first kappa shape index (κ1) is 15.1. The molecule has 2 fully saturated rings. The van der Waals surface area contributed by atoms with Gasteiger partial charge in [-0.1, -0.05) is 29.6 Å². The zero-order chi connectivity index (χ0) is 15.3. The van der Waals surface area contributed by atoms with Gasteiger partial charge in [0, 0.05) is 36.0 Å². The number of nitrogens with zero attached hydrogens (tertiary/aromatic N) is 1. The zero-order valence-corrected chi connectivity index (χ0v) is 14.0. The lowest BCUT2D eigenvalue weighted by Gasteiger charge is -2.54. The van der Waals surface area contributed by atoms with E-state index in [1.807, 2.05) is 0 Å². The maximum Gasteiger partial charge on any atom is 0.169 e. The van der Waals surface area contributed by atoms with Crippen LogP contribution >= 0.6 is 23.2 Å². The Balaban J connectivity index is 1.83. The molecule has 0 radical (unpaired) electrons. The van der Waals surface area contributed by atoms with E-state index in [0.29, 0.717) is 15.8 Å². The number of halogens is 2. The van der Waals surface area contributed by atoms with Crippen LogP contribution < -0.4 is 4.74 Å². The van der Waals surface area contributed by atoms with Crippen molar-refractivity contribution >= 4 is 23.2 Å². The molecular weight excluding hydrogens is 321 g/mol. The fourth-order valence-corrected chi connectivity index (χ4v) is 5.09. The molecule has 0 aromatic heterocycles. The Hall–Kier alpha value is -0.480. The number of likely N-dealkylation sites (tertiary alicyclic amines) is 1. The standard InChI is InChI=1S/C17H21Cl2NO2/c18-11-9-12-15(21)13-5-1-2-6-17(13,20-7-3-4-8-20)22-16(12)14(19)10-11/h9-10,13,15,21H,1-8H2/t13-,15+,17-/m0/s1. The van der Waals surface area contributed by atoms with Crippen LogP contribution in [0.3, 0.4) is 0 Å². The number of rotatable bonds is 1. The minimum absolute atomic E-state index is 0.0985. The van der Waals surface area contributed by atoms with Gasteiger partial charge in [0.2, 0.25) is 0 Å². The van der Waals surface area contributed by atoms with Crippen LogP contribution in [0.4, 0.5) is 0 Å². The van der Waals surface area contributed by atoms with E-state index in [2.05, 4.69) is 4.90 Å². The molecule has 3 aliphatic rings. The van der Waals surface area contributed by atoms with Crippen molar-refractivity contribution in [2.75, 3.05) is 13.1 Å². The first-order valence-corrected chi connectivity index (χ1v) is 8.98. The second kappa shape index (κ2) is 5.55. The van der Waals surface area contributed by atoms with Crippen LogP contribution in [0.15, 0.2) is 12.1 Å². The van der Waals surface area contributed by atoms with E-state index in [-0.39, 0.29) is 5.92 Å². The van der Waals surface area contributed by atoms with Crippen molar-refractivity contribution in [3.63, 3.8) is 0 Å². The van der Waals surface area contributed by atoms with Crippen molar-refractivity contribution in [2.45, 2.75) is 50.4 Å². The molecule has 5 heteroatoms. The molecule has 1 aliphatic carbocycles. The number of ether oxygens (including phenoxy) is 1. The molecule has 0 bridgehead atoms. The summed E-state index contributed by atoms with van der Waals surface area (Å²) in [5.74, 6) is 0.727. The quantitative estimate of drug-likeness (QED) is 0.821. The van der Waals surface area contributed by atoms with Gasteiger partial charge in [-0.15, -0.1) is 0 Å². The summed E-state index contributed by atoms with van der Waals surface area (Å²) in [4.78, 5) is 2.44. The highest BCUT2D eigenvalue weighted by Crippen LogP contribution is 2.54. The Labute approximate surface area is 141 Å². The Bertz CT molecular complexity index is 588. The molecule has 3 nitrogen and oxygen atoms in total. The molecule has 0 unspecified atom stereocenters. The SMILES string of the molecule is O[C@@H]1c2cc(Cl)cc(Cl)c2O[C@@]2(N3CCCC3)CCCC[C@@H]12. The minimum atomic E-state index is -0.555. The summed E-state index contributed by atoms with van der Waals surface area (Å²) in [6.45, 7) is 2.09. The third-order valence-electron chi connectivity index (χ3n) is 5.54. The van der Waals surface area contributed by atoms with Crippen molar-refractivity contribution in [1.82, 2.24) is 4.90 Å². The van der Waals surface area contributed by atoms with Crippen LogP contribution in [0.2, 0.25) is 10.0 Å². The van der Waals surface area contributed by atoms with Gasteiger partial charge in [-0.25, -0.2) is 0 Å². The predicted molar refractivity (Wildman–Crippen MR) is 87.5 cm³/mol. The Morgan fingerprint density at radius 2 is 1.91 bits per heavy atom. The van der Waals surface area contributed by atoms with Crippen LogP contribution in [0, 0.1) is 5.92 Å². The summed E-state index contributed by atoms with van der Waals surface area (Å²) in [6.07, 6.45) is 6.09. The van der Waals surface area contributed by atoms with E-state index < -0.39 is 11.8 Å². The molecule has 0 amide bonds.